The van der Waals surface area contributed by atoms with E-state index >= 15 is 0 Å². The van der Waals surface area contributed by atoms with Crippen LogP contribution in [0, 0.1) is 5.92 Å². The number of aliphatic carboxylic acids is 1. The van der Waals surface area contributed by atoms with Crippen LogP contribution in [0.2, 0.25) is 0 Å². The van der Waals surface area contributed by atoms with Crippen molar-refractivity contribution >= 4 is 12.0 Å². The molecule has 0 radical (unpaired) electrons. The Balaban J connectivity index is 2.34. The lowest BCUT2D eigenvalue weighted by Gasteiger charge is -2.15. The molecule has 1 N–H and O–H groups in total. The Morgan fingerprint density at radius 2 is 2.15 bits per heavy atom. The molecule has 2 heteroatoms. The highest BCUT2D eigenvalue weighted by Gasteiger charge is 2.18. The Hall–Kier alpha value is -1.57. The summed E-state index contributed by atoms with van der Waals surface area (Å²) in [5.41, 5.74) is 2.26. The largest absolute Gasteiger partial charge is 0.481 e. The fourth-order valence-corrected chi connectivity index (χ4v) is 1.58. The first-order valence-corrected chi connectivity index (χ1v) is 4.26. The quantitative estimate of drug-likeness (QED) is 0.706. The fourth-order valence-electron chi connectivity index (χ4n) is 1.58. The van der Waals surface area contributed by atoms with E-state index < -0.39 is 5.97 Å². The molecule has 1 aliphatic rings. The first-order chi connectivity index (χ1) is 6.27. The van der Waals surface area contributed by atoms with Crippen LogP contribution in [0.25, 0.3) is 6.08 Å². The number of benzene rings is 1. The number of carbonyl (C=O) groups is 1. The number of hydrogen-bond donors (Lipinski definition) is 1. The van der Waals surface area contributed by atoms with Gasteiger partial charge < -0.3 is 5.11 Å². The van der Waals surface area contributed by atoms with Crippen molar-refractivity contribution in [1.82, 2.24) is 0 Å². The van der Waals surface area contributed by atoms with Crippen LogP contribution in [0.4, 0.5) is 0 Å². The molecule has 13 heavy (non-hydrogen) atoms. The predicted molar refractivity (Wildman–Crippen MR) is 50.3 cm³/mol. The van der Waals surface area contributed by atoms with Gasteiger partial charge in [-0.15, -0.1) is 0 Å². The number of carboxylic acids is 1. The minimum absolute atomic E-state index is 0.352. The number of fused-ring (bicyclic) bond motifs is 1. The molecule has 0 bridgehead atoms. The van der Waals surface area contributed by atoms with E-state index in [4.69, 9.17) is 5.11 Å². The van der Waals surface area contributed by atoms with Crippen LogP contribution in [-0.2, 0) is 11.2 Å². The van der Waals surface area contributed by atoms with Gasteiger partial charge in [0.2, 0.25) is 0 Å². The Morgan fingerprint density at radius 3 is 2.92 bits per heavy atom. The Morgan fingerprint density at radius 1 is 1.38 bits per heavy atom. The average Bonchev–Trinajstić information content (AvgIpc) is 2.17. The molecule has 1 atom stereocenters. The normalized spacial score (nSPS) is 19.5. The highest BCUT2D eigenvalue weighted by molar-refractivity contribution is 5.76. The zero-order valence-electron chi connectivity index (χ0n) is 7.10. The summed E-state index contributed by atoms with van der Waals surface area (Å²) in [6.45, 7) is 0. The van der Waals surface area contributed by atoms with Crippen molar-refractivity contribution in [2.45, 2.75) is 6.42 Å². The Labute approximate surface area is 76.5 Å². The van der Waals surface area contributed by atoms with Gasteiger partial charge in [0.05, 0.1) is 5.92 Å². The summed E-state index contributed by atoms with van der Waals surface area (Å²) in [6, 6.07) is 7.89. The van der Waals surface area contributed by atoms with Crippen molar-refractivity contribution in [1.29, 1.82) is 0 Å². The first-order valence-electron chi connectivity index (χ1n) is 4.26. The summed E-state index contributed by atoms with van der Waals surface area (Å²) in [7, 11) is 0. The standard InChI is InChI=1S/C11H10O2/c12-11(13)10-6-5-8-3-1-2-4-9(8)7-10/h1-6,10H,7H2,(H,12,13)/t10-/m0/s1. The molecule has 0 heterocycles. The molecule has 0 aromatic heterocycles. The predicted octanol–water partition coefficient (Wildman–Crippen LogP) is 1.96. The lowest BCUT2D eigenvalue weighted by Crippen LogP contribution is -2.16. The zero-order valence-corrected chi connectivity index (χ0v) is 7.10. The van der Waals surface area contributed by atoms with E-state index in [1.165, 1.54) is 0 Å². The van der Waals surface area contributed by atoms with Gasteiger partial charge >= 0.3 is 5.97 Å². The second-order valence-electron chi connectivity index (χ2n) is 3.21. The lowest BCUT2D eigenvalue weighted by atomic mass is 9.90. The van der Waals surface area contributed by atoms with Crippen LogP contribution >= 0.6 is 0 Å². The smallest absolute Gasteiger partial charge is 0.310 e. The third-order valence-corrected chi connectivity index (χ3v) is 2.32. The van der Waals surface area contributed by atoms with Crippen molar-refractivity contribution < 1.29 is 9.90 Å². The number of carboxylic acid groups (broad SMARTS) is 1. The molecule has 0 spiro atoms. The van der Waals surface area contributed by atoms with Gasteiger partial charge in [-0.3, -0.25) is 4.79 Å². The molecule has 0 fully saturated rings. The van der Waals surface area contributed by atoms with Gasteiger partial charge in [-0.2, -0.15) is 0 Å². The molecule has 0 saturated heterocycles. The molecule has 66 valence electrons. The summed E-state index contributed by atoms with van der Waals surface area (Å²) in [6.07, 6.45) is 4.25. The summed E-state index contributed by atoms with van der Waals surface area (Å²) in [5, 5.41) is 8.81. The van der Waals surface area contributed by atoms with E-state index in [-0.39, 0.29) is 5.92 Å². The van der Waals surface area contributed by atoms with Gasteiger partial charge in [-0.25, -0.2) is 0 Å². The molecule has 2 rings (SSSR count). The van der Waals surface area contributed by atoms with Crippen molar-refractivity contribution in [3.8, 4) is 0 Å². The minimum atomic E-state index is -0.745. The molecule has 1 aromatic carbocycles. The van der Waals surface area contributed by atoms with E-state index in [1.807, 2.05) is 30.3 Å². The highest BCUT2D eigenvalue weighted by Crippen LogP contribution is 2.22. The maximum absolute atomic E-state index is 10.7. The van der Waals surface area contributed by atoms with E-state index in [2.05, 4.69) is 0 Å². The molecule has 2 nitrogen and oxygen atoms in total. The number of rotatable bonds is 1. The maximum atomic E-state index is 10.7. The van der Waals surface area contributed by atoms with Gasteiger partial charge in [0.25, 0.3) is 0 Å². The van der Waals surface area contributed by atoms with Crippen LogP contribution in [0.15, 0.2) is 30.3 Å². The number of hydrogen-bond acceptors (Lipinski definition) is 1. The summed E-state index contributed by atoms with van der Waals surface area (Å²) in [5.74, 6) is -1.10. The van der Waals surface area contributed by atoms with Crippen LogP contribution in [0.5, 0.6) is 0 Å². The molecule has 0 amide bonds. The van der Waals surface area contributed by atoms with Gasteiger partial charge in [-0.1, -0.05) is 36.4 Å². The fraction of sp³-hybridized carbons (Fsp3) is 0.182. The zero-order chi connectivity index (χ0) is 9.26. The second-order valence-corrected chi connectivity index (χ2v) is 3.21. The van der Waals surface area contributed by atoms with Gasteiger partial charge in [0.1, 0.15) is 0 Å². The molecule has 0 aliphatic heterocycles. The first kappa shape index (κ1) is 8.05. The Kier molecular flexibility index (Phi) is 1.89. The van der Waals surface area contributed by atoms with Gasteiger partial charge in [-0.05, 0) is 17.5 Å². The van der Waals surface area contributed by atoms with E-state index in [1.54, 1.807) is 6.08 Å². The van der Waals surface area contributed by atoms with Gasteiger partial charge in [0, 0.05) is 0 Å². The van der Waals surface area contributed by atoms with Gasteiger partial charge in [0.15, 0.2) is 0 Å². The third kappa shape index (κ3) is 1.47. The van der Waals surface area contributed by atoms with Crippen molar-refractivity contribution in [2.24, 2.45) is 5.92 Å². The van der Waals surface area contributed by atoms with Crippen LogP contribution < -0.4 is 0 Å². The van der Waals surface area contributed by atoms with Crippen LogP contribution in [-0.4, -0.2) is 11.1 Å². The van der Waals surface area contributed by atoms with Crippen molar-refractivity contribution in [3.05, 3.63) is 41.5 Å². The lowest BCUT2D eigenvalue weighted by molar-refractivity contribution is -0.140. The van der Waals surface area contributed by atoms with Crippen molar-refractivity contribution in [2.75, 3.05) is 0 Å². The molecule has 1 aromatic rings. The summed E-state index contributed by atoms with van der Waals surface area (Å²) < 4.78 is 0. The van der Waals surface area contributed by atoms with Crippen LogP contribution in [0.1, 0.15) is 11.1 Å². The highest BCUT2D eigenvalue weighted by atomic mass is 16.4. The summed E-state index contributed by atoms with van der Waals surface area (Å²) in [4.78, 5) is 10.7. The van der Waals surface area contributed by atoms with E-state index in [0.717, 1.165) is 11.1 Å². The minimum Gasteiger partial charge on any atom is -0.481 e. The maximum Gasteiger partial charge on any atom is 0.310 e. The molecule has 1 aliphatic carbocycles. The average molecular weight is 174 g/mol. The molecular formula is C11H10O2. The van der Waals surface area contributed by atoms with E-state index in [0.29, 0.717) is 6.42 Å². The van der Waals surface area contributed by atoms with Crippen LogP contribution in [0.3, 0.4) is 0 Å². The monoisotopic (exact) mass is 174 g/mol. The van der Waals surface area contributed by atoms with E-state index in [9.17, 15) is 4.79 Å². The third-order valence-electron chi connectivity index (χ3n) is 2.32. The SMILES string of the molecule is O=C(O)[C@H]1C=Cc2ccccc2C1. The summed E-state index contributed by atoms with van der Waals surface area (Å²) >= 11 is 0. The Bertz CT molecular complexity index is 366. The van der Waals surface area contributed by atoms with Crippen molar-refractivity contribution in [3.63, 3.8) is 0 Å². The topological polar surface area (TPSA) is 37.3 Å². The molecule has 0 unspecified atom stereocenters. The molecule has 0 saturated carbocycles. The second kappa shape index (κ2) is 3.05. The molecular weight excluding hydrogens is 164 g/mol.